The van der Waals surface area contributed by atoms with Gasteiger partial charge in [0.15, 0.2) is 0 Å². The van der Waals surface area contributed by atoms with Crippen molar-refractivity contribution in [3.05, 3.63) is 53.3 Å². The van der Waals surface area contributed by atoms with E-state index >= 15 is 0 Å². The number of nitrogen functional groups attached to an aromatic ring is 1. The maximum absolute atomic E-state index is 12.3. The zero-order valence-electron chi connectivity index (χ0n) is 9.80. The Bertz CT molecular complexity index is 572. The molecule has 1 aromatic heterocycles. The zero-order chi connectivity index (χ0) is 13.1. The van der Waals surface area contributed by atoms with Crippen molar-refractivity contribution in [1.82, 2.24) is 4.98 Å². The van der Waals surface area contributed by atoms with Gasteiger partial charge in [-0.3, -0.25) is 9.78 Å². The van der Waals surface area contributed by atoms with Crippen LogP contribution in [0, 0.1) is 0 Å². The molecule has 0 bridgehead atoms. The van der Waals surface area contributed by atoms with E-state index in [4.69, 9.17) is 17.3 Å². The van der Waals surface area contributed by atoms with Crippen molar-refractivity contribution in [2.24, 2.45) is 0 Å². The van der Waals surface area contributed by atoms with E-state index in [0.717, 1.165) is 5.69 Å². The Morgan fingerprint density at radius 2 is 1.94 bits per heavy atom. The van der Waals surface area contributed by atoms with Gasteiger partial charge < -0.3 is 10.6 Å². The lowest BCUT2D eigenvalue weighted by atomic mass is 10.1. The fraction of sp³-hybridized carbons (Fsp3) is 0.0769. The van der Waals surface area contributed by atoms with Gasteiger partial charge in [0, 0.05) is 35.8 Å². The van der Waals surface area contributed by atoms with Gasteiger partial charge in [-0.2, -0.15) is 0 Å². The van der Waals surface area contributed by atoms with Crippen molar-refractivity contribution in [2.45, 2.75) is 0 Å². The predicted molar refractivity (Wildman–Crippen MR) is 72.8 cm³/mol. The Balaban J connectivity index is 2.32. The molecular formula is C13H12ClN3O. The van der Waals surface area contributed by atoms with Crippen LogP contribution in [0.3, 0.4) is 0 Å². The van der Waals surface area contributed by atoms with Gasteiger partial charge in [-0.05, 0) is 30.3 Å². The Morgan fingerprint density at radius 1 is 1.28 bits per heavy atom. The summed E-state index contributed by atoms with van der Waals surface area (Å²) in [6.07, 6.45) is 3.26. The van der Waals surface area contributed by atoms with Crippen molar-refractivity contribution in [2.75, 3.05) is 17.7 Å². The first-order valence-corrected chi connectivity index (χ1v) is 5.70. The second-order valence-electron chi connectivity index (χ2n) is 3.80. The van der Waals surface area contributed by atoms with E-state index in [0.29, 0.717) is 16.3 Å². The Morgan fingerprint density at radius 3 is 2.56 bits per heavy atom. The van der Waals surface area contributed by atoms with Crippen LogP contribution in [0.5, 0.6) is 0 Å². The molecule has 2 aromatic rings. The number of benzene rings is 1. The van der Waals surface area contributed by atoms with Gasteiger partial charge in [-0.15, -0.1) is 0 Å². The Kier molecular flexibility index (Phi) is 3.48. The topological polar surface area (TPSA) is 59.2 Å². The molecule has 0 radical (unpaired) electrons. The number of carbonyl (C=O) groups excluding carboxylic acids is 1. The predicted octanol–water partition coefficient (Wildman–Crippen LogP) is 2.59. The standard InChI is InChI=1S/C13H12ClN3O/c1-17(10-4-6-16-7-5-10)13(18)11-3-2-9(14)8-12(11)15/h2-8H,15H2,1H3. The van der Waals surface area contributed by atoms with Gasteiger partial charge in [0.2, 0.25) is 0 Å². The average Bonchev–Trinajstić information content (AvgIpc) is 2.38. The summed E-state index contributed by atoms with van der Waals surface area (Å²) in [5, 5.41) is 0.510. The molecule has 1 amide bonds. The number of nitrogens with two attached hydrogens (primary N) is 1. The number of nitrogens with zero attached hydrogens (tertiary/aromatic N) is 2. The summed E-state index contributed by atoms with van der Waals surface area (Å²) in [5.74, 6) is -0.185. The zero-order valence-corrected chi connectivity index (χ0v) is 10.6. The van der Waals surface area contributed by atoms with Gasteiger partial charge in [0.1, 0.15) is 0 Å². The molecule has 92 valence electrons. The van der Waals surface area contributed by atoms with E-state index in [1.165, 1.54) is 4.90 Å². The van der Waals surface area contributed by atoms with Crippen molar-refractivity contribution >= 4 is 28.9 Å². The first kappa shape index (κ1) is 12.4. The number of aromatic nitrogens is 1. The smallest absolute Gasteiger partial charge is 0.260 e. The third-order valence-electron chi connectivity index (χ3n) is 2.60. The molecule has 2 rings (SSSR count). The summed E-state index contributed by atoms with van der Waals surface area (Å²) < 4.78 is 0. The molecule has 0 spiro atoms. The minimum Gasteiger partial charge on any atom is -0.398 e. The van der Waals surface area contributed by atoms with E-state index in [-0.39, 0.29) is 5.91 Å². The number of hydrogen-bond donors (Lipinski definition) is 1. The summed E-state index contributed by atoms with van der Waals surface area (Å²) in [4.78, 5) is 17.7. The number of carbonyl (C=O) groups is 1. The van der Waals surface area contributed by atoms with Crippen LogP contribution in [0.1, 0.15) is 10.4 Å². The normalized spacial score (nSPS) is 10.1. The highest BCUT2D eigenvalue weighted by Crippen LogP contribution is 2.21. The number of pyridine rings is 1. The lowest BCUT2D eigenvalue weighted by Gasteiger charge is -2.18. The highest BCUT2D eigenvalue weighted by molar-refractivity contribution is 6.31. The van der Waals surface area contributed by atoms with Gasteiger partial charge in [0.25, 0.3) is 5.91 Å². The number of amides is 1. The molecule has 0 saturated carbocycles. The molecule has 0 fully saturated rings. The Labute approximate surface area is 110 Å². The van der Waals surface area contributed by atoms with Crippen LogP contribution in [-0.4, -0.2) is 17.9 Å². The Hall–Kier alpha value is -2.07. The van der Waals surface area contributed by atoms with Crippen molar-refractivity contribution in [3.8, 4) is 0 Å². The number of rotatable bonds is 2. The van der Waals surface area contributed by atoms with E-state index in [1.54, 1.807) is 49.8 Å². The molecule has 1 heterocycles. The second-order valence-corrected chi connectivity index (χ2v) is 4.24. The van der Waals surface area contributed by atoms with Crippen molar-refractivity contribution in [3.63, 3.8) is 0 Å². The van der Waals surface area contributed by atoms with Crippen LogP contribution in [0.2, 0.25) is 5.02 Å². The summed E-state index contributed by atoms with van der Waals surface area (Å²) in [7, 11) is 1.69. The molecule has 0 aliphatic rings. The lowest BCUT2D eigenvalue weighted by molar-refractivity contribution is 0.0994. The third kappa shape index (κ3) is 2.43. The van der Waals surface area contributed by atoms with E-state index in [1.807, 2.05) is 0 Å². The molecule has 0 aliphatic heterocycles. The maximum Gasteiger partial charge on any atom is 0.260 e. The van der Waals surface area contributed by atoms with Gasteiger partial charge in [-0.25, -0.2) is 0 Å². The number of halogens is 1. The number of anilines is 2. The minimum atomic E-state index is -0.185. The van der Waals surface area contributed by atoms with Crippen LogP contribution >= 0.6 is 11.6 Å². The highest BCUT2D eigenvalue weighted by atomic mass is 35.5. The third-order valence-corrected chi connectivity index (χ3v) is 2.83. The van der Waals surface area contributed by atoms with E-state index in [2.05, 4.69) is 4.98 Å². The first-order chi connectivity index (χ1) is 8.59. The SMILES string of the molecule is CN(C(=O)c1ccc(Cl)cc1N)c1ccncc1. The molecule has 0 saturated heterocycles. The molecule has 0 aliphatic carbocycles. The molecule has 5 heteroatoms. The van der Waals surface area contributed by atoms with Crippen molar-refractivity contribution in [1.29, 1.82) is 0 Å². The van der Waals surface area contributed by atoms with Crippen LogP contribution in [0.25, 0.3) is 0 Å². The summed E-state index contributed by atoms with van der Waals surface area (Å²) in [5.41, 5.74) is 7.35. The second kappa shape index (κ2) is 5.06. The number of hydrogen-bond acceptors (Lipinski definition) is 3. The largest absolute Gasteiger partial charge is 0.398 e. The highest BCUT2D eigenvalue weighted by Gasteiger charge is 2.16. The van der Waals surface area contributed by atoms with Crippen LogP contribution < -0.4 is 10.6 Å². The molecule has 2 N–H and O–H groups in total. The summed E-state index contributed by atoms with van der Waals surface area (Å²) >= 11 is 5.81. The average molecular weight is 262 g/mol. The fourth-order valence-corrected chi connectivity index (χ4v) is 1.77. The summed E-state index contributed by atoms with van der Waals surface area (Å²) in [6.45, 7) is 0. The molecule has 18 heavy (non-hydrogen) atoms. The molecule has 0 unspecified atom stereocenters. The first-order valence-electron chi connectivity index (χ1n) is 5.32. The lowest BCUT2D eigenvalue weighted by Crippen LogP contribution is -2.27. The quantitative estimate of drug-likeness (QED) is 0.846. The van der Waals surface area contributed by atoms with E-state index in [9.17, 15) is 4.79 Å². The monoisotopic (exact) mass is 261 g/mol. The fourth-order valence-electron chi connectivity index (χ4n) is 1.59. The summed E-state index contributed by atoms with van der Waals surface area (Å²) in [6, 6.07) is 8.34. The van der Waals surface area contributed by atoms with Crippen LogP contribution in [0.4, 0.5) is 11.4 Å². The van der Waals surface area contributed by atoms with Crippen LogP contribution in [-0.2, 0) is 0 Å². The van der Waals surface area contributed by atoms with E-state index < -0.39 is 0 Å². The molecule has 1 aromatic carbocycles. The maximum atomic E-state index is 12.3. The van der Waals surface area contributed by atoms with Gasteiger partial charge >= 0.3 is 0 Å². The molecule has 4 nitrogen and oxygen atoms in total. The van der Waals surface area contributed by atoms with Crippen molar-refractivity contribution < 1.29 is 4.79 Å². The van der Waals surface area contributed by atoms with Gasteiger partial charge in [0.05, 0.1) is 5.56 Å². The minimum absolute atomic E-state index is 0.185. The molecule has 0 atom stereocenters. The molecular weight excluding hydrogens is 250 g/mol. The van der Waals surface area contributed by atoms with Gasteiger partial charge in [-0.1, -0.05) is 11.6 Å². The van der Waals surface area contributed by atoms with Crippen LogP contribution in [0.15, 0.2) is 42.7 Å².